The molecule has 0 radical (unpaired) electrons. The van der Waals surface area contributed by atoms with Crippen molar-refractivity contribution in [3.05, 3.63) is 23.0 Å². The van der Waals surface area contributed by atoms with Gasteiger partial charge in [-0.05, 0) is 18.9 Å². The van der Waals surface area contributed by atoms with E-state index in [0.717, 1.165) is 12.8 Å². The number of hydrogen-bond donors (Lipinski definition) is 3. The van der Waals surface area contributed by atoms with Crippen LogP contribution in [0.5, 0.6) is 0 Å². The molecule has 1 saturated heterocycles. The Kier molecular flexibility index (Phi) is 4.42. The molecule has 1 aliphatic rings. The fourth-order valence-electron chi connectivity index (χ4n) is 2.59. The van der Waals surface area contributed by atoms with E-state index in [1.54, 1.807) is 7.05 Å². The molecule has 2 rings (SSSR count). The summed E-state index contributed by atoms with van der Waals surface area (Å²) in [5.74, 6) is -1.60. The number of piperidine rings is 1. The van der Waals surface area contributed by atoms with Gasteiger partial charge in [-0.3, -0.25) is 9.79 Å². The molecule has 1 aromatic rings. The number of nitrogens with zero attached hydrogens (tertiary/aromatic N) is 2. The molecule has 6 N–H and O–H groups in total. The number of amides is 1. The lowest BCUT2D eigenvalue weighted by molar-refractivity contribution is 0.0997. The average molecular weight is 293 g/mol. The molecule has 1 amide bonds. The standard InChI is InChI=1S/C14H20FN5O/c1-19-7-9-11(20-4-2-8(16)3-5-20)6-10(15)12(13(9)17)14(18)21/h6-8H,2-5,16-17H2,1H3,(H2,18,21). The molecule has 6 nitrogen and oxygen atoms in total. The highest BCUT2D eigenvalue weighted by Crippen LogP contribution is 2.31. The first kappa shape index (κ1) is 15.2. The van der Waals surface area contributed by atoms with Crippen LogP contribution >= 0.6 is 0 Å². The maximum absolute atomic E-state index is 14.1. The first-order valence-electron chi connectivity index (χ1n) is 6.80. The van der Waals surface area contributed by atoms with Crippen molar-refractivity contribution in [1.82, 2.24) is 0 Å². The summed E-state index contributed by atoms with van der Waals surface area (Å²) >= 11 is 0. The minimum absolute atomic E-state index is 0.0259. The average Bonchev–Trinajstić information content (AvgIpc) is 2.42. The van der Waals surface area contributed by atoms with E-state index < -0.39 is 11.7 Å². The number of benzene rings is 1. The van der Waals surface area contributed by atoms with Crippen LogP contribution in [0.4, 0.5) is 15.8 Å². The summed E-state index contributed by atoms with van der Waals surface area (Å²) in [6.45, 7) is 1.42. The molecule has 0 bridgehead atoms. The van der Waals surface area contributed by atoms with Crippen LogP contribution in [-0.2, 0) is 0 Å². The maximum Gasteiger partial charge on any atom is 0.253 e. The molecule has 1 fully saturated rings. The normalized spacial score (nSPS) is 16.6. The molecule has 1 aromatic carbocycles. The van der Waals surface area contributed by atoms with Crippen LogP contribution in [0.25, 0.3) is 0 Å². The molecule has 0 spiro atoms. The van der Waals surface area contributed by atoms with Crippen molar-refractivity contribution in [2.75, 3.05) is 30.8 Å². The van der Waals surface area contributed by atoms with E-state index in [4.69, 9.17) is 17.2 Å². The van der Waals surface area contributed by atoms with Gasteiger partial charge in [0, 0.05) is 38.0 Å². The zero-order chi connectivity index (χ0) is 15.6. The number of nitrogens with two attached hydrogens (primary N) is 3. The number of halogens is 1. The van der Waals surface area contributed by atoms with Crippen LogP contribution in [-0.4, -0.2) is 38.3 Å². The third kappa shape index (κ3) is 2.97. The van der Waals surface area contributed by atoms with Gasteiger partial charge in [0.15, 0.2) is 0 Å². The zero-order valence-electron chi connectivity index (χ0n) is 12.0. The predicted molar refractivity (Wildman–Crippen MR) is 82.3 cm³/mol. The van der Waals surface area contributed by atoms with Crippen molar-refractivity contribution in [2.45, 2.75) is 18.9 Å². The predicted octanol–water partition coefficient (Wildman–Crippen LogP) is 0.483. The number of rotatable bonds is 3. The summed E-state index contributed by atoms with van der Waals surface area (Å²) in [6.07, 6.45) is 3.16. The number of carbonyl (C=O) groups excluding carboxylic acids is 1. The van der Waals surface area contributed by atoms with Gasteiger partial charge >= 0.3 is 0 Å². The summed E-state index contributed by atoms with van der Waals surface area (Å²) in [4.78, 5) is 17.3. The smallest absolute Gasteiger partial charge is 0.253 e. The van der Waals surface area contributed by atoms with Gasteiger partial charge in [-0.2, -0.15) is 0 Å². The summed E-state index contributed by atoms with van der Waals surface area (Å²) in [5.41, 5.74) is 17.9. The Hall–Kier alpha value is -2.15. The number of primary amides is 1. The van der Waals surface area contributed by atoms with Gasteiger partial charge in [-0.25, -0.2) is 4.39 Å². The quantitative estimate of drug-likeness (QED) is 0.556. The topological polar surface area (TPSA) is 111 Å². The molecule has 1 heterocycles. The van der Waals surface area contributed by atoms with Gasteiger partial charge < -0.3 is 22.1 Å². The van der Waals surface area contributed by atoms with Crippen LogP contribution in [0.15, 0.2) is 11.1 Å². The van der Waals surface area contributed by atoms with Crippen LogP contribution in [0.3, 0.4) is 0 Å². The fourth-order valence-corrected chi connectivity index (χ4v) is 2.59. The number of anilines is 2. The Labute approximate surface area is 122 Å². The molecular formula is C14H20FN5O. The van der Waals surface area contributed by atoms with Gasteiger partial charge in [0.2, 0.25) is 0 Å². The van der Waals surface area contributed by atoms with E-state index >= 15 is 0 Å². The Morgan fingerprint density at radius 1 is 1.48 bits per heavy atom. The molecule has 1 aliphatic heterocycles. The molecule has 0 aromatic heterocycles. The van der Waals surface area contributed by atoms with E-state index in [0.29, 0.717) is 24.3 Å². The van der Waals surface area contributed by atoms with Gasteiger partial charge in [-0.15, -0.1) is 0 Å². The first-order valence-corrected chi connectivity index (χ1v) is 6.80. The maximum atomic E-state index is 14.1. The van der Waals surface area contributed by atoms with Gasteiger partial charge in [0.05, 0.1) is 16.9 Å². The molecule has 0 unspecified atom stereocenters. The van der Waals surface area contributed by atoms with Crippen LogP contribution in [0.2, 0.25) is 0 Å². The minimum atomic E-state index is -0.886. The van der Waals surface area contributed by atoms with Crippen molar-refractivity contribution in [1.29, 1.82) is 0 Å². The summed E-state index contributed by atoms with van der Waals surface area (Å²) in [5, 5.41) is 0. The zero-order valence-corrected chi connectivity index (χ0v) is 12.0. The van der Waals surface area contributed by atoms with Crippen LogP contribution < -0.4 is 22.1 Å². The van der Waals surface area contributed by atoms with E-state index in [1.807, 2.05) is 4.90 Å². The second-order valence-electron chi connectivity index (χ2n) is 5.16. The highest BCUT2D eigenvalue weighted by Gasteiger charge is 2.24. The molecule has 7 heteroatoms. The van der Waals surface area contributed by atoms with E-state index in [2.05, 4.69) is 4.99 Å². The van der Waals surface area contributed by atoms with Gasteiger partial charge in [-0.1, -0.05) is 0 Å². The van der Waals surface area contributed by atoms with E-state index in [9.17, 15) is 9.18 Å². The minimum Gasteiger partial charge on any atom is -0.397 e. The second kappa shape index (κ2) is 6.09. The van der Waals surface area contributed by atoms with Crippen molar-refractivity contribution >= 4 is 23.5 Å². The largest absolute Gasteiger partial charge is 0.397 e. The second-order valence-corrected chi connectivity index (χ2v) is 5.16. The summed E-state index contributed by atoms with van der Waals surface area (Å²) in [7, 11) is 1.59. The third-order valence-corrected chi connectivity index (χ3v) is 3.72. The van der Waals surface area contributed by atoms with Gasteiger partial charge in [0.1, 0.15) is 5.82 Å². The number of aliphatic imine (C=N–C) groups is 1. The molecule has 0 atom stereocenters. The SMILES string of the molecule is CN=Cc1c(N2CCC(N)CC2)cc(F)c(C(N)=O)c1N. The Morgan fingerprint density at radius 3 is 2.62 bits per heavy atom. The molecular weight excluding hydrogens is 273 g/mol. The number of nitrogen functional groups attached to an aromatic ring is 1. The van der Waals surface area contributed by atoms with Crippen molar-refractivity contribution < 1.29 is 9.18 Å². The summed E-state index contributed by atoms with van der Waals surface area (Å²) in [6, 6.07) is 1.46. The molecule has 0 aliphatic carbocycles. The van der Waals surface area contributed by atoms with Crippen molar-refractivity contribution in [2.24, 2.45) is 16.5 Å². The monoisotopic (exact) mass is 293 g/mol. The first-order chi connectivity index (χ1) is 9.95. The van der Waals surface area contributed by atoms with Crippen LogP contribution in [0.1, 0.15) is 28.8 Å². The number of carbonyl (C=O) groups is 1. The molecule has 0 saturated carbocycles. The summed E-state index contributed by atoms with van der Waals surface area (Å²) < 4.78 is 14.1. The Morgan fingerprint density at radius 2 is 2.10 bits per heavy atom. The van der Waals surface area contributed by atoms with E-state index in [-0.39, 0.29) is 17.3 Å². The van der Waals surface area contributed by atoms with Crippen molar-refractivity contribution in [3.8, 4) is 0 Å². The molecule has 21 heavy (non-hydrogen) atoms. The Balaban J connectivity index is 2.52. The third-order valence-electron chi connectivity index (χ3n) is 3.72. The van der Waals surface area contributed by atoms with Crippen LogP contribution in [0, 0.1) is 5.82 Å². The molecule has 114 valence electrons. The highest BCUT2D eigenvalue weighted by molar-refractivity contribution is 6.06. The fraction of sp³-hybridized carbons (Fsp3) is 0.429. The lowest BCUT2D eigenvalue weighted by Crippen LogP contribution is -2.40. The number of hydrogen-bond acceptors (Lipinski definition) is 5. The Bertz CT molecular complexity index is 579. The van der Waals surface area contributed by atoms with Gasteiger partial charge in [0.25, 0.3) is 5.91 Å². The van der Waals surface area contributed by atoms with Crippen molar-refractivity contribution in [3.63, 3.8) is 0 Å². The lowest BCUT2D eigenvalue weighted by Gasteiger charge is -2.33. The highest BCUT2D eigenvalue weighted by atomic mass is 19.1. The van der Waals surface area contributed by atoms with E-state index in [1.165, 1.54) is 12.3 Å². The lowest BCUT2D eigenvalue weighted by atomic mass is 10.00.